The van der Waals surface area contributed by atoms with E-state index in [0.717, 1.165) is 6.42 Å². The predicted octanol–water partition coefficient (Wildman–Crippen LogP) is 2.78. The van der Waals surface area contributed by atoms with Crippen molar-refractivity contribution < 1.29 is 19.2 Å². The van der Waals surface area contributed by atoms with Crippen LogP contribution < -0.4 is 0 Å². The molecule has 0 aromatic rings. The van der Waals surface area contributed by atoms with Gasteiger partial charge in [-0.1, -0.05) is 0 Å². The van der Waals surface area contributed by atoms with Crippen LogP contribution in [0.25, 0.3) is 0 Å². The quantitative estimate of drug-likeness (QED) is 0.543. The molecule has 0 heterocycles. The van der Waals surface area contributed by atoms with Gasteiger partial charge in [0.2, 0.25) is 0 Å². The average Bonchev–Trinajstić information content (AvgIpc) is 3.20. The topological polar surface area (TPSA) is 51.2 Å². The molecule has 0 aromatic carbocycles. The number of rotatable bonds is 11. The minimum atomic E-state index is -0.551. The van der Waals surface area contributed by atoms with Crippen LogP contribution in [0.3, 0.4) is 0 Å². The number of hydrogen-bond acceptors (Lipinski definition) is 6. The number of carbonyl (C=O) groups excluding carboxylic acids is 1. The first-order valence-electron chi connectivity index (χ1n) is 8.52. The van der Waals surface area contributed by atoms with Crippen LogP contribution in [-0.2, 0) is 19.2 Å². The molecular weight excluding hydrogens is 296 g/mol. The van der Waals surface area contributed by atoms with Gasteiger partial charge in [0.15, 0.2) is 0 Å². The van der Waals surface area contributed by atoms with Crippen LogP contribution in [0.5, 0.6) is 0 Å². The van der Waals surface area contributed by atoms with Gasteiger partial charge in [0.25, 0.3) is 0 Å². The van der Waals surface area contributed by atoms with E-state index in [1.54, 1.807) is 7.05 Å². The summed E-state index contributed by atoms with van der Waals surface area (Å²) in [6.07, 6.45) is 3.41. The van der Waals surface area contributed by atoms with E-state index in [0.29, 0.717) is 19.2 Å². The molecule has 0 spiro atoms. The summed E-state index contributed by atoms with van der Waals surface area (Å²) in [5, 5.41) is 3.48. The van der Waals surface area contributed by atoms with E-state index < -0.39 is 5.60 Å². The summed E-state index contributed by atoms with van der Waals surface area (Å²) < 4.78 is 5.89. The average molecular weight is 330 g/mol. The zero-order valence-corrected chi connectivity index (χ0v) is 15.8. The molecule has 6 heteroatoms. The molecule has 0 atom stereocenters. The monoisotopic (exact) mass is 330 g/mol. The van der Waals surface area contributed by atoms with Gasteiger partial charge in [0.1, 0.15) is 0 Å². The van der Waals surface area contributed by atoms with Crippen molar-refractivity contribution in [3.8, 4) is 0 Å². The van der Waals surface area contributed by atoms with Crippen LogP contribution in [0.15, 0.2) is 0 Å². The van der Waals surface area contributed by atoms with Crippen molar-refractivity contribution in [2.75, 3.05) is 27.2 Å². The molecule has 0 saturated heterocycles. The predicted molar refractivity (Wildman–Crippen MR) is 89.6 cm³/mol. The second kappa shape index (κ2) is 8.42. The fourth-order valence-electron chi connectivity index (χ4n) is 2.19. The lowest BCUT2D eigenvalue weighted by molar-refractivity contribution is -0.233. The van der Waals surface area contributed by atoms with Crippen molar-refractivity contribution in [1.82, 2.24) is 10.1 Å². The Hall–Kier alpha value is -0.690. The van der Waals surface area contributed by atoms with E-state index in [-0.39, 0.29) is 18.0 Å². The minimum Gasteiger partial charge on any atom is -0.375 e. The molecule has 0 N–H and O–H groups in total. The lowest BCUT2D eigenvalue weighted by Crippen LogP contribution is -2.38. The van der Waals surface area contributed by atoms with Gasteiger partial charge >= 0.3 is 5.97 Å². The summed E-state index contributed by atoms with van der Waals surface area (Å²) in [7, 11) is 3.73. The smallest absolute Gasteiger partial charge is 0.327 e. The molecule has 136 valence electrons. The molecule has 0 unspecified atom stereocenters. The minimum absolute atomic E-state index is 0.223. The number of hydroxylamine groups is 4. The molecule has 23 heavy (non-hydrogen) atoms. The van der Waals surface area contributed by atoms with Gasteiger partial charge in [-0.3, -0.25) is 9.63 Å². The maximum absolute atomic E-state index is 11.8. The fourth-order valence-corrected chi connectivity index (χ4v) is 2.19. The number of nitrogens with zero attached hydrogens (tertiary/aromatic N) is 2. The van der Waals surface area contributed by atoms with Gasteiger partial charge in [0, 0.05) is 33.1 Å². The molecule has 0 aromatic heterocycles. The summed E-state index contributed by atoms with van der Waals surface area (Å²) in [4.78, 5) is 23.0. The van der Waals surface area contributed by atoms with E-state index in [4.69, 9.17) is 14.4 Å². The molecule has 0 bridgehead atoms. The highest BCUT2D eigenvalue weighted by atomic mass is 16.7. The third-order valence-electron chi connectivity index (χ3n) is 3.92. The lowest BCUT2D eigenvalue weighted by atomic mass is 10.0. The summed E-state index contributed by atoms with van der Waals surface area (Å²) in [5.74, 6) is -0.275. The third kappa shape index (κ3) is 8.65. The second-order valence-corrected chi connectivity index (χ2v) is 7.57. The Morgan fingerprint density at radius 3 is 2.26 bits per heavy atom. The van der Waals surface area contributed by atoms with Gasteiger partial charge < -0.3 is 9.57 Å². The van der Waals surface area contributed by atoms with Crippen LogP contribution in [-0.4, -0.2) is 60.6 Å². The molecule has 1 aliphatic carbocycles. The zero-order valence-electron chi connectivity index (χ0n) is 15.8. The summed E-state index contributed by atoms with van der Waals surface area (Å²) in [6.45, 7) is 11.1. The molecule has 6 nitrogen and oxygen atoms in total. The van der Waals surface area contributed by atoms with Gasteiger partial charge in [-0.05, 0) is 47.5 Å². The Morgan fingerprint density at radius 2 is 1.74 bits per heavy atom. The van der Waals surface area contributed by atoms with E-state index >= 15 is 0 Å². The standard InChI is InChI=1S/C17H34N2O4/c1-8-18(6)22-15(20)13-17(4,5)21-12-11-16(2,3)23-19(7)14-9-10-14/h14H,8-13H2,1-7H3. The van der Waals surface area contributed by atoms with Crippen molar-refractivity contribution in [3.63, 3.8) is 0 Å². The normalized spacial score (nSPS) is 16.2. The Labute approximate surface area is 141 Å². The first-order chi connectivity index (χ1) is 10.5. The summed E-state index contributed by atoms with van der Waals surface area (Å²) in [6, 6.07) is 0.567. The van der Waals surface area contributed by atoms with Gasteiger partial charge in [-0.25, -0.2) is 0 Å². The fraction of sp³-hybridized carbons (Fsp3) is 0.941. The van der Waals surface area contributed by atoms with Gasteiger partial charge in [-0.2, -0.15) is 5.06 Å². The first-order valence-corrected chi connectivity index (χ1v) is 8.52. The number of hydrogen-bond donors (Lipinski definition) is 0. The maximum Gasteiger partial charge on any atom is 0.327 e. The molecule has 1 rings (SSSR count). The molecule has 0 radical (unpaired) electrons. The van der Waals surface area contributed by atoms with Crippen LogP contribution >= 0.6 is 0 Å². The van der Waals surface area contributed by atoms with Gasteiger partial charge in [-0.15, -0.1) is 5.06 Å². The second-order valence-electron chi connectivity index (χ2n) is 7.57. The highest BCUT2D eigenvalue weighted by molar-refractivity contribution is 5.70. The summed E-state index contributed by atoms with van der Waals surface area (Å²) >= 11 is 0. The van der Waals surface area contributed by atoms with E-state index in [9.17, 15) is 4.79 Å². The Balaban J connectivity index is 2.29. The largest absolute Gasteiger partial charge is 0.375 e. The van der Waals surface area contributed by atoms with Crippen molar-refractivity contribution in [2.45, 2.75) is 77.5 Å². The molecule has 1 aliphatic rings. The van der Waals surface area contributed by atoms with Crippen LogP contribution in [0, 0.1) is 0 Å². The van der Waals surface area contributed by atoms with Crippen molar-refractivity contribution in [3.05, 3.63) is 0 Å². The van der Waals surface area contributed by atoms with Crippen molar-refractivity contribution in [1.29, 1.82) is 0 Å². The van der Waals surface area contributed by atoms with Crippen molar-refractivity contribution in [2.24, 2.45) is 0 Å². The molecule has 1 saturated carbocycles. The summed E-state index contributed by atoms with van der Waals surface area (Å²) in [5.41, 5.74) is -0.833. The molecular formula is C17H34N2O4. The Morgan fingerprint density at radius 1 is 1.13 bits per heavy atom. The Bertz CT molecular complexity index is 381. The highest BCUT2D eigenvalue weighted by Gasteiger charge is 2.32. The SMILES string of the molecule is CCN(C)OC(=O)CC(C)(C)OCCC(C)(C)ON(C)C1CC1. The van der Waals surface area contributed by atoms with E-state index in [2.05, 4.69) is 13.8 Å². The van der Waals surface area contributed by atoms with Gasteiger partial charge in [0.05, 0.1) is 24.2 Å². The number of carbonyl (C=O) groups is 1. The zero-order chi connectivity index (χ0) is 17.7. The van der Waals surface area contributed by atoms with E-state index in [1.165, 1.54) is 17.9 Å². The lowest BCUT2D eigenvalue weighted by Gasteiger charge is -2.32. The third-order valence-corrected chi connectivity index (χ3v) is 3.92. The molecule has 1 fully saturated rings. The van der Waals surface area contributed by atoms with Crippen molar-refractivity contribution >= 4 is 5.97 Å². The Kier molecular flexibility index (Phi) is 7.45. The van der Waals surface area contributed by atoms with Crippen LogP contribution in [0.4, 0.5) is 0 Å². The molecule has 0 amide bonds. The maximum atomic E-state index is 11.8. The molecule has 0 aliphatic heterocycles. The highest BCUT2D eigenvalue weighted by Crippen LogP contribution is 2.29. The van der Waals surface area contributed by atoms with Crippen LogP contribution in [0.1, 0.15) is 60.3 Å². The van der Waals surface area contributed by atoms with Crippen LogP contribution in [0.2, 0.25) is 0 Å². The van der Waals surface area contributed by atoms with E-state index in [1.807, 2.05) is 32.9 Å². The number of ether oxygens (including phenoxy) is 1. The first kappa shape index (κ1) is 20.4.